The number of nitrogens with zero attached hydrogens (tertiary/aromatic N) is 3. The Bertz CT molecular complexity index is 1350. The molecule has 7 nitrogen and oxygen atoms in total. The lowest BCUT2D eigenvalue weighted by Gasteiger charge is -2.16. The number of amides is 1. The maximum absolute atomic E-state index is 12.6. The van der Waals surface area contributed by atoms with Crippen molar-refractivity contribution in [2.45, 2.75) is 19.4 Å². The van der Waals surface area contributed by atoms with Crippen LogP contribution < -0.4 is 15.6 Å². The van der Waals surface area contributed by atoms with Crippen LogP contribution in [0.25, 0.3) is 16.0 Å². The zero-order chi connectivity index (χ0) is 23.5. The van der Waals surface area contributed by atoms with Gasteiger partial charge < -0.3 is 14.6 Å². The molecule has 166 valence electrons. The van der Waals surface area contributed by atoms with Crippen molar-refractivity contribution in [1.29, 1.82) is 0 Å². The summed E-state index contributed by atoms with van der Waals surface area (Å²) >= 11 is 0. The molecule has 7 heteroatoms. The molecule has 1 aliphatic rings. The maximum atomic E-state index is 12.6. The second kappa shape index (κ2) is 9.13. The van der Waals surface area contributed by atoms with E-state index in [1.807, 2.05) is 37.3 Å². The number of benzene rings is 2. The molecule has 1 unspecified atom stereocenters. The Hall–Kier alpha value is -4.18. The summed E-state index contributed by atoms with van der Waals surface area (Å²) in [5, 5.41) is 2.83. The first-order valence-electron chi connectivity index (χ1n) is 10.7. The maximum Gasteiger partial charge on any atom is 0.250 e. The van der Waals surface area contributed by atoms with Crippen LogP contribution in [0.2, 0.25) is 0 Å². The molecule has 1 N–H and O–H groups in total. The number of hydrogen-bond acceptors (Lipinski definition) is 4. The molecule has 0 spiro atoms. The molecule has 1 amide bonds. The Labute approximate surface area is 192 Å². The van der Waals surface area contributed by atoms with Crippen LogP contribution >= 0.6 is 0 Å². The quantitative estimate of drug-likeness (QED) is 0.609. The van der Waals surface area contributed by atoms with Crippen molar-refractivity contribution in [3.8, 4) is 16.9 Å². The Kier molecular flexibility index (Phi) is 6.09. The van der Waals surface area contributed by atoms with Gasteiger partial charge in [-0.3, -0.25) is 14.6 Å². The Morgan fingerprint density at radius 3 is 2.58 bits per heavy atom. The summed E-state index contributed by atoms with van der Waals surface area (Å²) in [6.45, 7) is 9.62. The number of nitrogens with one attached hydrogen (secondary N) is 1. The normalized spacial score (nSPS) is 14.2. The minimum absolute atomic E-state index is 0.114. The summed E-state index contributed by atoms with van der Waals surface area (Å²) in [7, 11) is 3.32. The highest BCUT2D eigenvalue weighted by Gasteiger charge is 2.27. The van der Waals surface area contributed by atoms with Gasteiger partial charge in [0.05, 0.1) is 31.9 Å². The number of pyridine rings is 1. The first-order chi connectivity index (χ1) is 15.9. The molecule has 0 radical (unpaired) electrons. The summed E-state index contributed by atoms with van der Waals surface area (Å²) in [4.78, 5) is 33.6. The highest BCUT2D eigenvalue weighted by atomic mass is 16.5. The topological polar surface area (TPSA) is 77.0 Å². The fourth-order valence-corrected chi connectivity index (χ4v) is 4.05. The highest BCUT2D eigenvalue weighted by Crippen LogP contribution is 2.39. The van der Waals surface area contributed by atoms with Crippen LogP contribution in [0.1, 0.15) is 36.1 Å². The van der Waals surface area contributed by atoms with E-state index in [4.69, 9.17) is 16.3 Å². The van der Waals surface area contributed by atoms with Gasteiger partial charge in [0.1, 0.15) is 5.75 Å². The summed E-state index contributed by atoms with van der Waals surface area (Å²) in [5.74, 6) is 0.539. The van der Waals surface area contributed by atoms with Crippen molar-refractivity contribution in [2.75, 3.05) is 13.7 Å². The number of ether oxygens (including phenoxy) is 1. The average molecular weight is 441 g/mol. The molecule has 1 atom stereocenters. The first-order valence-corrected chi connectivity index (χ1v) is 10.7. The minimum atomic E-state index is -0.547. The predicted molar refractivity (Wildman–Crippen MR) is 128 cm³/mol. The molecule has 4 rings (SSSR count). The fourth-order valence-electron chi connectivity index (χ4n) is 4.05. The molecular formula is C26H24N4O3. The lowest BCUT2D eigenvalue weighted by molar-refractivity contribution is -0.121. The molecule has 0 fully saturated rings. The fraction of sp³-hybridized carbons (Fsp3) is 0.231. The van der Waals surface area contributed by atoms with E-state index in [0.717, 1.165) is 22.3 Å². The van der Waals surface area contributed by atoms with E-state index in [0.29, 0.717) is 29.3 Å². The lowest BCUT2D eigenvalue weighted by Crippen LogP contribution is -2.25. The molecule has 2 heterocycles. The molecule has 1 aliphatic heterocycles. The van der Waals surface area contributed by atoms with E-state index in [9.17, 15) is 9.59 Å². The molecule has 3 aromatic rings. The van der Waals surface area contributed by atoms with Crippen molar-refractivity contribution in [3.05, 3.63) is 93.2 Å². The SMILES string of the molecule is [C-]#[N+]c1ccc(C2=NC(CC(=O)NCC)c3cc(=O)n(C)cc3-c3ccc(OC)cc32)cc1. The first kappa shape index (κ1) is 22.0. The number of rotatable bonds is 5. The Morgan fingerprint density at radius 1 is 1.15 bits per heavy atom. The van der Waals surface area contributed by atoms with Crippen LogP contribution in [0.5, 0.6) is 5.75 Å². The molecule has 0 bridgehead atoms. The van der Waals surface area contributed by atoms with Crippen molar-refractivity contribution in [3.63, 3.8) is 0 Å². The molecular weight excluding hydrogens is 416 g/mol. The Morgan fingerprint density at radius 2 is 1.91 bits per heavy atom. The number of carbonyl (C=O) groups excluding carboxylic acids is 1. The summed E-state index contributed by atoms with van der Waals surface area (Å²) in [5.41, 5.74) is 5.16. The van der Waals surface area contributed by atoms with Gasteiger partial charge in [0.15, 0.2) is 5.69 Å². The van der Waals surface area contributed by atoms with Gasteiger partial charge in [0.25, 0.3) is 5.56 Å². The third-order valence-corrected chi connectivity index (χ3v) is 5.70. The smallest absolute Gasteiger partial charge is 0.250 e. The van der Waals surface area contributed by atoms with Gasteiger partial charge in [-0.15, -0.1) is 0 Å². The zero-order valence-corrected chi connectivity index (χ0v) is 18.8. The third-order valence-electron chi connectivity index (χ3n) is 5.70. The van der Waals surface area contributed by atoms with Crippen molar-refractivity contribution >= 4 is 17.3 Å². The predicted octanol–water partition coefficient (Wildman–Crippen LogP) is 4.03. The van der Waals surface area contributed by atoms with Crippen LogP contribution in [-0.2, 0) is 11.8 Å². The van der Waals surface area contributed by atoms with Gasteiger partial charge in [-0.2, -0.15) is 0 Å². The van der Waals surface area contributed by atoms with Gasteiger partial charge in [0.2, 0.25) is 5.91 Å². The number of aliphatic imine (C=N–C) groups is 1. The van der Waals surface area contributed by atoms with Crippen LogP contribution in [0.4, 0.5) is 5.69 Å². The van der Waals surface area contributed by atoms with E-state index in [1.54, 1.807) is 38.6 Å². The number of aryl methyl sites for hydroxylation is 1. The van der Waals surface area contributed by atoms with Gasteiger partial charge in [0, 0.05) is 37.0 Å². The molecule has 2 aromatic carbocycles. The zero-order valence-electron chi connectivity index (χ0n) is 18.8. The van der Waals surface area contributed by atoms with E-state index >= 15 is 0 Å². The molecule has 1 aromatic heterocycles. The standard InChI is InChI=1S/C26H24N4O3/c1-5-28-24(31)14-23-20-13-25(32)30(3)15-22(20)19-11-10-18(33-4)12-21(19)26(29-23)16-6-8-17(27-2)9-7-16/h6-13,15,23H,5,14H2,1,3-4H3,(H,28,31). The van der Waals surface area contributed by atoms with Gasteiger partial charge >= 0.3 is 0 Å². The molecule has 0 aliphatic carbocycles. The van der Waals surface area contributed by atoms with Gasteiger partial charge in [-0.1, -0.05) is 24.3 Å². The van der Waals surface area contributed by atoms with Gasteiger partial charge in [-0.05, 0) is 41.8 Å². The second-order valence-electron chi connectivity index (χ2n) is 7.81. The van der Waals surface area contributed by atoms with Crippen molar-refractivity contribution < 1.29 is 9.53 Å². The lowest BCUT2D eigenvalue weighted by atomic mass is 9.91. The number of fused-ring (bicyclic) bond motifs is 3. The molecule has 33 heavy (non-hydrogen) atoms. The average Bonchev–Trinajstić information content (AvgIpc) is 2.94. The summed E-state index contributed by atoms with van der Waals surface area (Å²) in [6.07, 6.45) is 1.91. The number of hydrogen-bond donors (Lipinski definition) is 1. The van der Waals surface area contributed by atoms with E-state index in [1.165, 1.54) is 4.57 Å². The van der Waals surface area contributed by atoms with E-state index in [2.05, 4.69) is 10.2 Å². The van der Waals surface area contributed by atoms with E-state index in [-0.39, 0.29) is 17.9 Å². The largest absolute Gasteiger partial charge is 0.497 e. The summed E-state index contributed by atoms with van der Waals surface area (Å²) < 4.78 is 7.02. The van der Waals surface area contributed by atoms with Crippen LogP contribution in [-0.4, -0.2) is 29.8 Å². The minimum Gasteiger partial charge on any atom is -0.497 e. The van der Waals surface area contributed by atoms with Crippen LogP contribution in [0, 0.1) is 6.57 Å². The number of aromatic nitrogens is 1. The van der Waals surface area contributed by atoms with Gasteiger partial charge in [-0.25, -0.2) is 4.85 Å². The monoisotopic (exact) mass is 440 g/mol. The highest BCUT2D eigenvalue weighted by molar-refractivity contribution is 6.17. The van der Waals surface area contributed by atoms with E-state index < -0.39 is 6.04 Å². The third kappa shape index (κ3) is 4.28. The summed E-state index contributed by atoms with van der Waals surface area (Å²) in [6, 6.07) is 14.0. The van der Waals surface area contributed by atoms with Crippen LogP contribution in [0.3, 0.4) is 0 Å². The number of carbonyl (C=O) groups is 1. The van der Waals surface area contributed by atoms with Crippen LogP contribution in [0.15, 0.2) is 64.5 Å². The Balaban J connectivity index is 2.01. The van der Waals surface area contributed by atoms with Crippen molar-refractivity contribution in [2.24, 2.45) is 12.0 Å². The molecule has 0 saturated heterocycles. The molecule has 0 saturated carbocycles. The van der Waals surface area contributed by atoms with Crippen molar-refractivity contribution in [1.82, 2.24) is 9.88 Å². The number of methoxy groups -OCH3 is 1. The second-order valence-corrected chi connectivity index (χ2v) is 7.81.